The van der Waals surface area contributed by atoms with Gasteiger partial charge in [0.25, 0.3) is 0 Å². The van der Waals surface area contributed by atoms with Crippen LogP contribution in [0.15, 0.2) is 30.5 Å². The standard InChI is InChI=1S/C16H21N3O/c1-11-8-19(9-12(2)20-11)10-13-5-6-15(17)14-4-3-7-18-16(13)14/h3-7,11-12H,8-10,17H2,1-2H3. The number of fused-ring (bicyclic) bond motifs is 1. The molecule has 0 aliphatic carbocycles. The average molecular weight is 271 g/mol. The van der Waals surface area contributed by atoms with Crippen LogP contribution in [0.1, 0.15) is 19.4 Å². The van der Waals surface area contributed by atoms with Gasteiger partial charge in [-0.2, -0.15) is 0 Å². The molecular formula is C16H21N3O. The van der Waals surface area contributed by atoms with Crippen molar-refractivity contribution in [2.45, 2.75) is 32.6 Å². The molecule has 0 saturated carbocycles. The summed E-state index contributed by atoms with van der Waals surface area (Å²) in [5.74, 6) is 0. The number of anilines is 1. The lowest BCUT2D eigenvalue weighted by Gasteiger charge is -2.35. The molecule has 2 aromatic rings. The van der Waals surface area contributed by atoms with Crippen molar-refractivity contribution in [1.82, 2.24) is 9.88 Å². The first-order valence-corrected chi connectivity index (χ1v) is 7.13. The fraction of sp³-hybridized carbons (Fsp3) is 0.438. The van der Waals surface area contributed by atoms with E-state index in [2.05, 4.69) is 29.8 Å². The first-order chi connectivity index (χ1) is 9.63. The highest BCUT2D eigenvalue weighted by Gasteiger charge is 2.22. The first kappa shape index (κ1) is 13.3. The van der Waals surface area contributed by atoms with Gasteiger partial charge in [0.1, 0.15) is 0 Å². The van der Waals surface area contributed by atoms with Crippen LogP contribution < -0.4 is 5.73 Å². The molecule has 0 bridgehead atoms. The quantitative estimate of drug-likeness (QED) is 0.852. The van der Waals surface area contributed by atoms with Gasteiger partial charge < -0.3 is 10.5 Å². The van der Waals surface area contributed by atoms with Crippen molar-refractivity contribution in [2.75, 3.05) is 18.8 Å². The molecule has 106 valence electrons. The third-order valence-corrected chi connectivity index (χ3v) is 3.78. The number of benzene rings is 1. The van der Waals surface area contributed by atoms with Gasteiger partial charge in [0.05, 0.1) is 17.7 Å². The number of aromatic nitrogens is 1. The molecule has 3 rings (SSSR count). The average Bonchev–Trinajstić information content (AvgIpc) is 2.41. The number of nitrogens with two attached hydrogens (primary N) is 1. The number of nitrogen functional groups attached to an aromatic ring is 1. The lowest BCUT2D eigenvalue weighted by atomic mass is 10.1. The largest absolute Gasteiger partial charge is 0.398 e. The molecule has 2 N–H and O–H groups in total. The second kappa shape index (κ2) is 5.38. The molecule has 1 aromatic heterocycles. The molecule has 4 heteroatoms. The number of rotatable bonds is 2. The van der Waals surface area contributed by atoms with Crippen molar-refractivity contribution < 1.29 is 4.74 Å². The lowest BCUT2D eigenvalue weighted by molar-refractivity contribution is -0.0704. The zero-order valence-corrected chi connectivity index (χ0v) is 12.0. The van der Waals surface area contributed by atoms with Crippen LogP contribution in [0.25, 0.3) is 10.9 Å². The summed E-state index contributed by atoms with van der Waals surface area (Å²) in [6, 6.07) is 8.04. The van der Waals surface area contributed by atoms with Crippen LogP contribution in [0.5, 0.6) is 0 Å². The van der Waals surface area contributed by atoms with Gasteiger partial charge in [0.2, 0.25) is 0 Å². The monoisotopic (exact) mass is 271 g/mol. The summed E-state index contributed by atoms with van der Waals surface area (Å²) in [6.45, 7) is 7.07. The Morgan fingerprint density at radius 1 is 1.25 bits per heavy atom. The molecule has 20 heavy (non-hydrogen) atoms. The van der Waals surface area contributed by atoms with E-state index in [1.165, 1.54) is 5.56 Å². The highest BCUT2D eigenvalue weighted by molar-refractivity contribution is 5.92. The number of hydrogen-bond acceptors (Lipinski definition) is 4. The molecule has 4 nitrogen and oxygen atoms in total. The van der Waals surface area contributed by atoms with Crippen molar-refractivity contribution in [3.63, 3.8) is 0 Å². The van der Waals surface area contributed by atoms with Gasteiger partial charge >= 0.3 is 0 Å². The van der Waals surface area contributed by atoms with Crippen LogP contribution in [0.3, 0.4) is 0 Å². The van der Waals surface area contributed by atoms with Crippen molar-refractivity contribution in [2.24, 2.45) is 0 Å². The molecule has 2 atom stereocenters. The topological polar surface area (TPSA) is 51.4 Å². The van der Waals surface area contributed by atoms with Crippen LogP contribution in [0, 0.1) is 0 Å². The maximum absolute atomic E-state index is 6.03. The smallest absolute Gasteiger partial charge is 0.0767 e. The van der Waals surface area contributed by atoms with E-state index in [9.17, 15) is 0 Å². The molecule has 1 saturated heterocycles. The van der Waals surface area contributed by atoms with Crippen molar-refractivity contribution in [1.29, 1.82) is 0 Å². The maximum Gasteiger partial charge on any atom is 0.0767 e. The third-order valence-electron chi connectivity index (χ3n) is 3.78. The van der Waals surface area contributed by atoms with E-state index < -0.39 is 0 Å². The first-order valence-electron chi connectivity index (χ1n) is 7.13. The van der Waals surface area contributed by atoms with Crippen molar-refractivity contribution >= 4 is 16.6 Å². The molecule has 0 spiro atoms. The highest BCUT2D eigenvalue weighted by atomic mass is 16.5. The highest BCUT2D eigenvalue weighted by Crippen LogP contribution is 2.24. The summed E-state index contributed by atoms with van der Waals surface area (Å²) in [4.78, 5) is 6.94. The van der Waals surface area contributed by atoms with Gasteiger partial charge in [-0.3, -0.25) is 9.88 Å². The van der Waals surface area contributed by atoms with Crippen LogP contribution >= 0.6 is 0 Å². The summed E-state index contributed by atoms with van der Waals surface area (Å²) in [5, 5.41) is 1.04. The molecule has 1 aromatic carbocycles. The molecule has 1 fully saturated rings. The summed E-state index contributed by atoms with van der Waals surface area (Å²) in [7, 11) is 0. The molecule has 1 aliphatic heterocycles. The SMILES string of the molecule is CC1CN(Cc2ccc(N)c3cccnc23)CC(C)O1. The van der Waals surface area contributed by atoms with Gasteiger partial charge in [-0.15, -0.1) is 0 Å². The van der Waals surface area contributed by atoms with E-state index in [0.29, 0.717) is 0 Å². The number of morpholine rings is 1. The Kier molecular flexibility index (Phi) is 3.59. The summed E-state index contributed by atoms with van der Waals surface area (Å²) in [5.41, 5.74) is 9.07. The van der Waals surface area contributed by atoms with E-state index in [0.717, 1.165) is 36.2 Å². The fourth-order valence-electron chi connectivity index (χ4n) is 3.04. The van der Waals surface area contributed by atoms with E-state index in [1.807, 2.05) is 24.4 Å². The predicted octanol–water partition coefficient (Wildman–Crippen LogP) is 2.43. The Morgan fingerprint density at radius 2 is 2.00 bits per heavy atom. The van der Waals surface area contributed by atoms with E-state index >= 15 is 0 Å². The van der Waals surface area contributed by atoms with E-state index in [4.69, 9.17) is 10.5 Å². The van der Waals surface area contributed by atoms with Gasteiger partial charge in [0, 0.05) is 36.9 Å². The lowest BCUT2D eigenvalue weighted by Crippen LogP contribution is -2.44. The minimum Gasteiger partial charge on any atom is -0.398 e. The fourth-order valence-corrected chi connectivity index (χ4v) is 3.04. The molecular weight excluding hydrogens is 250 g/mol. The van der Waals surface area contributed by atoms with Crippen LogP contribution in [-0.4, -0.2) is 35.2 Å². The minimum atomic E-state index is 0.284. The minimum absolute atomic E-state index is 0.284. The Morgan fingerprint density at radius 3 is 2.75 bits per heavy atom. The molecule has 0 radical (unpaired) electrons. The number of ether oxygens (including phenoxy) is 1. The van der Waals surface area contributed by atoms with Gasteiger partial charge in [-0.25, -0.2) is 0 Å². The van der Waals surface area contributed by atoms with Gasteiger partial charge in [-0.1, -0.05) is 6.07 Å². The van der Waals surface area contributed by atoms with Crippen molar-refractivity contribution in [3.8, 4) is 0 Å². The number of pyridine rings is 1. The molecule has 0 amide bonds. The Labute approximate surface area is 119 Å². The Bertz CT molecular complexity index is 604. The summed E-state index contributed by atoms with van der Waals surface area (Å²) in [6.07, 6.45) is 2.40. The predicted molar refractivity (Wildman–Crippen MR) is 81.4 cm³/mol. The number of nitrogens with zero attached hydrogens (tertiary/aromatic N) is 2. The Hall–Kier alpha value is -1.65. The van der Waals surface area contributed by atoms with E-state index in [-0.39, 0.29) is 12.2 Å². The zero-order valence-electron chi connectivity index (χ0n) is 12.0. The summed E-state index contributed by atoms with van der Waals surface area (Å²) >= 11 is 0. The van der Waals surface area contributed by atoms with Gasteiger partial charge in [0.15, 0.2) is 0 Å². The van der Waals surface area contributed by atoms with Gasteiger partial charge in [-0.05, 0) is 37.6 Å². The third kappa shape index (κ3) is 2.62. The summed E-state index contributed by atoms with van der Waals surface area (Å²) < 4.78 is 5.78. The second-order valence-corrected chi connectivity index (χ2v) is 5.66. The molecule has 2 unspecified atom stereocenters. The number of hydrogen-bond donors (Lipinski definition) is 1. The van der Waals surface area contributed by atoms with Crippen LogP contribution in [-0.2, 0) is 11.3 Å². The molecule has 2 heterocycles. The molecule has 1 aliphatic rings. The normalized spacial score (nSPS) is 24.1. The Balaban J connectivity index is 1.89. The zero-order chi connectivity index (χ0) is 14.1. The van der Waals surface area contributed by atoms with Crippen LogP contribution in [0.2, 0.25) is 0 Å². The van der Waals surface area contributed by atoms with Crippen LogP contribution in [0.4, 0.5) is 5.69 Å². The second-order valence-electron chi connectivity index (χ2n) is 5.66. The van der Waals surface area contributed by atoms with E-state index in [1.54, 1.807) is 0 Å². The van der Waals surface area contributed by atoms with Crippen molar-refractivity contribution in [3.05, 3.63) is 36.0 Å². The maximum atomic E-state index is 6.03.